The summed E-state index contributed by atoms with van der Waals surface area (Å²) in [6.07, 6.45) is 1.71. The van der Waals surface area contributed by atoms with E-state index in [1.807, 2.05) is 70.2 Å². The molecule has 6 nitrogen and oxygen atoms in total. The first-order chi connectivity index (χ1) is 15.9. The van der Waals surface area contributed by atoms with Crippen molar-refractivity contribution in [3.63, 3.8) is 0 Å². The molecule has 180 valence electrons. The van der Waals surface area contributed by atoms with E-state index in [-0.39, 0.29) is 11.8 Å². The highest BCUT2D eigenvalue weighted by Gasteiger charge is 2.26. The van der Waals surface area contributed by atoms with Crippen molar-refractivity contribution in [3.8, 4) is 11.5 Å². The molecule has 2 rings (SSSR count). The number of hydrogen-bond donors (Lipinski definition) is 1. The van der Waals surface area contributed by atoms with Gasteiger partial charge in [-0.15, -0.1) is 0 Å². The molecule has 0 radical (unpaired) electrons. The zero-order valence-electron chi connectivity index (χ0n) is 20.6. The molecular formula is C27H38N2O4. The number of aryl methyl sites for hydroxylation is 2. The summed E-state index contributed by atoms with van der Waals surface area (Å²) in [5.41, 5.74) is 3.14. The predicted molar refractivity (Wildman–Crippen MR) is 132 cm³/mol. The van der Waals surface area contributed by atoms with Crippen LogP contribution in [0.1, 0.15) is 57.2 Å². The molecule has 0 heterocycles. The van der Waals surface area contributed by atoms with Gasteiger partial charge in [0.25, 0.3) is 0 Å². The number of benzene rings is 2. The van der Waals surface area contributed by atoms with Crippen LogP contribution in [0.3, 0.4) is 0 Å². The van der Waals surface area contributed by atoms with Gasteiger partial charge in [0.2, 0.25) is 11.8 Å². The Labute approximate surface area is 198 Å². The van der Waals surface area contributed by atoms with Crippen LogP contribution in [0.2, 0.25) is 0 Å². The van der Waals surface area contributed by atoms with Crippen molar-refractivity contribution in [2.24, 2.45) is 0 Å². The first kappa shape index (κ1) is 26.2. The predicted octanol–water partition coefficient (Wildman–Crippen LogP) is 4.67. The topological polar surface area (TPSA) is 67.9 Å². The molecule has 1 atom stereocenters. The van der Waals surface area contributed by atoms with Gasteiger partial charge in [-0.05, 0) is 69.4 Å². The molecule has 0 unspecified atom stereocenters. The molecule has 0 fully saturated rings. The van der Waals surface area contributed by atoms with E-state index < -0.39 is 6.04 Å². The maximum atomic E-state index is 13.3. The average molecular weight is 455 g/mol. The molecule has 2 amide bonds. The van der Waals surface area contributed by atoms with Crippen molar-refractivity contribution < 1.29 is 19.1 Å². The number of carbonyl (C=O) groups is 2. The van der Waals surface area contributed by atoms with Gasteiger partial charge in [-0.1, -0.05) is 37.3 Å². The van der Waals surface area contributed by atoms with E-state index in [4.69, 9.17) is 9.47 Å². The number of rotatable bonds is 13. The van der Waals surface area contributed by atoms with Gasteiger partial charge in [-0.3, -0.25) is 9.59 Å². The molecule has 0 saturated carbocycles. The highest BCUT2D eigenvalue weighted by Crippen LogP contribution is 2.29. The van der Waals surface area contributed by atoms with Crippen LogP contribution in [-0.4, -0.2) is 42.5 Å². The van der Waals surface area contributed by atoms with Crippen LogP contribution >= 0.6 is 0 Å². The second-order valence-corrected chi connectivity index (χ2v) is 8.06. The van der Waals surface area contributed by atoms with Gasteiger partial charge in [0.15, 0.2) is 11.5 Å². The van der Waals surface area contributed by atoms with Crippen LogP contribution in [-0.2, 0) is 22.6 Å². The van der Waals surface area contributed by atoms with Gasteiger partial charge in [0, 0.05) is 19.5 Å². The van der Waals surface area contributed by atoms with Gasteiger partial charge >= 0.3 is 0 Å². The van der Waals surface area contributed by atoms with E-state index in [0.29, 0.717) is 50.6 Å². The minimum absolute atomic E-state index is 0.0516. The Bertz CT molecular complexity index is 913. The Hall–Kier alpha value is -3.02. The van der Waals surface area contributed by atoms with Crippen LogP contribution in [0, 0.1) is 6.92 Å². The fourth-order valence-corrected chi connectivity index (χ4v) is 3.60. The van der Waals surface area contributed by atoms with E-state index in [1.54, 1.807) is 11.8 Å². The molecule has 0 aromatic heterocycles. The Morgan fingerprint density at radius 1 is 1.00 bits per heavy atom. The quantitative estimate of drug-likeness (QED) is 0.478. The molecular weight excluding hydrogens is 416 g/mol. The number of carbonyl (C=O) groups excluding carboxylic acids is 2. The minimum atomic E-state index is -0.553. The van der Waals surface area contributed by atoms with Crippen molar-refractivity contribution in [2.45, 2.75) is 66.5 Å². The standard InChI is InChI=1S/C27H38N2O4/c1-6-17-28-27(31)21(5)29(19-23-12-10-9-11-20(23)4)26(30)16-14-22-13-15-24(32-7-2)25(18-22)33-8-3/h9-13,15,18,21H,6-8,14,16-17,19H2,1-5H3,(H,28,31)/t21-/m0/s1. The lowest BCUT2D eigenvalue weighted by molar-refractivity contribution is -0.140. The van der Waals surface area contributed by atoms with Crippen molar-refractivity contribution in [2.75, 3.05) is 19.8 Å². The fraction of sp³-hybridized carbons (Fsp3) is 0.481. The number of nitrogens with zero attached hydrogens (tertiary/aromatic N) is 1. The normalized spacial score (nSPS) is 11.5. The summed E-state index contributed by atoms with van der Waals surface area (Å²) in [7, 11) is 0. The SMILES string of the molecule is CCCNC(=O)[C@H](C)N(Cc1ccccc1C)C(=O)CCc1ccc(OCC)c(OCC)c1. The Morgan fingerprint density at radius 3 is 2.36 bits per heavy atom. The molecule has 1 N–H and O–H groups in total. The lowest BCUT2D eigenvalue weighted by atomic mass is 10.1. The molecule has 0 saturated heterocycles. The molecule has 0 aliphatic rings. The smallest absolute Gasteiger partial charge is 0.242 e. The highest BCUT2D eigenvalue weighted by atomic mass is 16.5. The van der Waals surface area contributed by atoms with E-state index in [1.165, 1.54) is 0 Å². The lowest BCUT2D eigenvalue weighted by Gasteiger charge is -2.29. The van der Waals surface area contributed by atoms with Crippen molar-refractivity contribution >= 4 is 11.8 Å². The summed E-state index contributed by atoms with van der Waals surface area (Å²) >= 11 is 0. The van der Waals surface area contributed by atoms with Crippen LogP contribution in [0.25, 0.3) is 0 Å². The van der Waals surface area contributed by atoms with Crippen LogP contribution < -0.4 is 14.8 Å². The molecule has 0 bridgehead atoms. The van der Waals surface area contributed by atoms with Gasteiger partial charge < -0.3 is 19.7 Å². The largest absolute Gasteiger partial charge is 0.490 e. The molecule has 0 spiro atoms. The average Bonchev–Trinajstić information content (AvgIpc) is 2.81. The van der Waals surface area contributed by atoms with E-state index in [0.717, 1.165) is 23.1 Å². The summed E-state index contributed by atoms with van der Waals surface area (Å²) < 4.78 is 11.3. The van der Waals surface area contributed by atoms with E-state index in [9.17, 15) is 9.59 Å². The van der Waals surface area contributed by atoms with Gasteiger partial charge in [-0.25, -0.2) is 0 Å². The maximum Gasteiger partial charge on any atom is 0.242 e. The summed E-state index contributed by atoms with van der Waals surface area (Å²) in [5.74, 6) is 1.22. The van der Waals surface area contributed by atoms with Crippen molar-refractivity contribution in [3.05, 3.63) is 59.2 Å². The summed E-state index contributed by atoms with van der Waals surface area (Å²) in [6, 6.07) is 13.2. The number of ether oxygens (including phenoxy) is 2. The molecule has 33 heavy (non-hydrogen) atoms. The minimum Gasteiger partial charge on any atom is -0.490 e. The number of nitrogens with one attached hydrogen (secondary N) is 1. The third-order valence-electron chi connectivity index (χ3n) is 5.55. The Kier molecular flexibility index (Phi) is 10.7. The molecule has 2 aromatic rings. The van der Waals surface area contributed by atoms with Crippen molar-refractivity contribution in [1.29, 1.82) is 0 Å². The summed E-state index contributed by atoms with van der Waals surface area (Å²) in [5, 5.41) is 2.92. The van der Waals surface area contributed by atoms with Crippen LogP contribution in [0.5, 0.6) is 11.5 Å². The van der Waals surface area contributed by atoms with Crippen molar-refractivity contribution in [1.82, 2.24) is 10.2 Å². The third-order valence-corrected chi connectivity index (χ3v) is 5.55. The molecule has 0 aliphatic carbocycles. The fourth-order valence-electron chi connectivity index (χ4n) is 3.60. The second-order valence-electron chi connectivity index (χ2n) is 8.06. The Balaban J connectivity index is 2.17. The zero-order valence-corrected chi connectivity index (χ0v) is 20.6. The number of hydrogen-bond acceptors (Lipinski definition) is 4. The van der Waals surface area contributed by atoms with E-state index in [2.05, 4.69) is 5.32 Å². The Morgan fingerprint density at radius 2 is 1.70 bits per heavy atom. The van der Waals surface area contributed by atoms with E-state index >= 15 is 0 Å². The monoisotopic (exact) mass is 454 g/mol. The van der Waals surface area contributed by atoms with Crippen LogP contribution in [0.15, 0.2) is 42.5 Å². The molecule has 2 aromatic carbocycles. The van der Waals surface area contributed by atoms with Gasteiger partial charge in [0.1, 0.15) is 6.04 Å². The second kappa shape index (κ2) is 13.5. The van der Waals surface area contributed by atoms with Gasteiger partial charge in [-0.2, -0.15) is 0 Å². The first-order valence-corrected chi connectivity index (χ1v) is 11.9. The van der Waals surface area contributed by atoms with Crippen LogP contribution in [0.4, 0.5) is 0 Å². The molecule has 6 heteroatoms. The maximum absolute atomic E-state index is 13.3. The molecule has 0 aliphatic heterocycles. The number of amides is 2. The van der Waals surface area contributed by atoms with Gasteiger partial charge in [0.05, 0.1) is 13.2 Å². The summed E-state index contributed by atoms with van der Waals surface area (Å²) in [4.78, 5) is 27.7. The zero-order chi connectivity index (χ0) is 24.2. The third kappa shape index (κ3) is 7.81. The first-order valence-electron chi connectivity index (χ1n) is 11.9. The lowest BCUT2D eigenvalue weighted by Crippen LogP contribution is -2.47. The summed E-state index contributed by atoms with van der Waals surface area (Å²) in [6.45, 7) is 11.8. The highest BCUT2D eigenvalue weighted by molar-refractivity contribution is 5.87.